The Morgan fingerprint density at radius 2 is 1.38 bits per heavy atom. The molecule has 10 rings (SSSR count). The van der Waals surface area contributed by atoms with Gasteiger partial charge in [0.25, 0.3) is 0 Å². The first-order valence-electron chi connectivity index (χ1n) is 19.5. The highest BCUT2D eigenvalue weighted by Crippen LogP contribution is 2.52. The van der Waals surface area contributed by atoms with E-state index in [4.69, 9.17) is 37.7 Å². The molecule has 2 aliphatic carbocycles. The fraction of sp³-hybridized carbons (Fsp3) is 0.432. The predicted molar refractivity (Wildman–Crippen MR) is 214 cm³/mol. The first-order chi connectivity index (χ1) is 26.6. The van der Waals surface area contributed by atoms with Gasteiger partial charge in [-0.1, -0.05) is 65.7 Å². The van der Waals surface area contributed by atoms with Crippen LogP contribution in [0.4, 0.5) is 0 Å². The Morgan fingerprint density at radius 3 is 2.00 bits per heavy atom. The summed E-state index contributed by atoms with van der Waals surface area (Å²) in [5, 5.41) is 4.25. The molecule has 0 saturated carbocycles. The number of likely N-dealkylation sites (tertiary alicyclic amines) is 3. The summed E-state index contributed by atoms with van der Waals surface area (Å²) >= 11 is 14.6. The third kappa shape index (κ3) is 5.59. The van der Waals surface area contributed by atoms with Crippen molar-refractivity contribution >= 4 is 35.0 Å². The molecule has 6 aliphatic rings. The van der Waals surface area contributed by atoms with E-state index in [1.54, 1.807) is 21.1 Å². The molecule has 0 unspecified atom stereocenters. The standard InChI is InChI=1S/C44H45Cl2N5O4/c1-25(52)49-21-44(22-49)23-51(24-44)34-12-10-26-14-28(16-36(54-2)38(26)34)29-6-4-7-30(40(29)45)31-8-5-9-32(41(31)46)33-15-27-11-13-35(39(27)42(48-33)55-3)50-19-43(20-50)17-37(53)47-18-43/h4-9,14-16,34-35H,10-13,17-24H2,1-3H3,(H,47,53)/t34-,35-/m0/s1. The molecule has 4 aliphatic heterocycles. The van der Waals surface area contributed by atoms with Crippen molar-refractivity contribution in [2.45, 2.75) is 51.1 Å². The van der Waals surface area contributed by atoms with Gasteiger partial charge in [-0.25, -0.2) is 4.98 Å². The summed E-state index contributed by atoms with van der Waals surface area (Å²) in [5.41, 5.74) is 10.6. The number of methoxy groups -OCH3 is 2. The van der Waals surface area contributed by atoms with E-state index in [2.05, 4.69) is 39.4 Å². The molecule has 4 aromatic rings. The van der Waals surface area contributed by atoms with Crippen LogP contribution in [0.15, 0.2) is 54.6 Å². The lowest BCUT2D eigenvalue weighted by Crippen LogP contribution is -2.72. The zero-order chi connectivity index (χ0) is 37.8. The fourth-order valence-electron chi connectivity index (χ4n) is 10.8. The number of nitrogens with one attached hydrogen (secondary N) is 1. The molecule has 2 atom stereocenters. The lowest BCUT2D eigenvalue weighted by molar-refractivity contribution is -0.161. The first-order valence-corrected chi connectivity index (χ1v) is 20.2. The van der Waals surface area contributed by atoms with Gasteiger partial charge in [0.2, 0.25) is 17.7 Å². The number of carbonyl (C=O) groups excluding carboxylic acids is 2. The van der Waals surface area contributed by atoms with E-state index in [9.17, 15) is 9.59 Å². The monoisotopic (exact) mass is 777 g/mol. The van der Waals surface area contributed by atoms with Crippen LogP contribution in [0.25, 0.3) is 33.5 Å². The fourth-order valence-corrected chi connectivity index (χ4v) is 11.4. The SMILES string of the molecule is COc1cc(-c2cccc(-c3cccc(-c4cc5c(c(OC)n4)[C@@H](N4CC6(CNC(=O)C6)C4)CC5)c3Cl)c2Cl)cc2c1[C@@H](N1CC3(CN(C(C)=O)C3)C1)CC2. The van der Waals surface area contributed by atoms with Crippen molar-refractivity contribution in [3.63, 3.8) is 0 Å². The second-order valence-corrected chi connectivity index (χ2v) is 17.7. The van der Waals surface area contributed by atoms with Crippen molar-refractivity contribution in [1.29, 1.82) is 0 Å². The number of nitrogens with zero attached hydrogens (tertiary/aromatic N) is 4. The van der Waals surface area contributed by atoms with E-state index >= 15 is 0 Å². The molecule has 3 aromatic carbocycles. The van der Waals surface area contributed by atoms with Gasteiger partial charge in [0, 0.05) is 115 Å². The third-order valence-corrected chi connectivity index (χ3v) is 14.2. The Hall–Kier alpha value is -4.15. The van der Waals surface area contributed by atoms with E-state index in [1.165, 1.54) is 16.7 Å². The second kappa shape index (κ2) is 12.9. The number of benzene rings is 3. The average molecular weight is 779 g/mol. The van der Waals surface area contributed by atoms with Crippen molar-refractivity contribution < 1.29 is 19.1 Å². The Balaban J connectivity index is 0.923. The highest BCUT2D eigenvalue weighted by Gasteiger charge is 2.55. The van der Waals surface area contributed by atoms with Gasteiger partial charge in [0.1, 0.15) is 5.75 Å². The summed E-state index contributed by atoms with van der Waals surface area (Å²) in [4.78, 5) is 35.8. The highest BCUT2D eigenvalue weighted by molar-refractivity contribution is 6.39. The zero-order valence-corrected chi connectivity index (χ0v) is 33.0. The number of aromatic nitrogens is 1. The largest absolute Gasteiger partial charge is 0.496 e. The normalized spacial score (nSPS) is 23.2. The van der Waals surface area contributed by atoms with Crippen LogP contribution in [-0.4, -0.2) is 91.5 Å². The van der Waals surface area contributed by atoms with Gasteiger partial charge < -0.3 is 19.7 Å². The smallest absolute Gasteiger partial charge is 0.220 e. The second-order valence-electron chi connectivity index (χ2n) is 16.9. The number of hydrogen-bond donors (Lipinski definition) is 1. The number of pyridine rings is 1. The van der Waals surface area contributed by atoms with Gasteiger partial charge in [-0.05, 0) is 54.5 Å². The van der Waals surface area contributed by atoms with E-state index in [1.807, 2.05) is 35.2 Å². The Bertz CT molecular complexity index is 2270. The lowest BCUT2D eigenvalue weighted by atomic mass is 9.71. The molecule has 9 nitrogen and oxygen atoms in total. The minimum atomic E-state index is 0.0678. The lowest BCUT2D eigenvalue weighted by Gasteiger charge is -2.61. The number of rotatable bonds is 7. The van der Waals surface area contributed by atoms with Crippen LogP contribution in [0.2, 0.25) is 10.0 Å². The van der Waals surface area contributed by atoms with Crippen molar-refractivity contribution in [2.24, 2.45) is 10.8 Å². The molecule has 0 radical (unpaired) electrons. The van der Waals surface area contributed by atoms with Crippen molar-refractivity contribution in [3.8, 4) is 45.1 Å². The van der Waals surface area contributed by atoms with Crippen LogP contribution >= 0.6 is 23.2 Å². The maximum atomic E-state index is 11.9. The topological polar surface area (TPSA) is 87.2 Å². The van der Waals surface area contributed by atoms with Gasteiger partial charge in [0.15, 0.2) is 0 Å². The molecule has 0 bridgehead atoms. The molecule has 1 N–H and O–H groups in total. The van der Waals surface area contributed by atoms with E-state index in [0.717, 1.165) is 116 Å². The van der Waals surface area contributed by atoms with Crippen LogP contribution in [0.5, 0.6) is 11.6 Å². The average Bonchev–Trinajstić information content (AvgIpc) is 3.86. The molecule has 2 spiro atoms. The zero-order valence-electron chi connectivity index (χ0n) is 31.5. The van der Waals surface area contributed by atoms with Gasteiger partial charge in [-0.2, -0.15) is 0 Å². The van der Waals surface area contributed by atoms with Crippen LogP contribution in [0.3, 0.4) is 0 Å². The molecule has 284 valence electrons. The van der Waals surface area contributed by atoms with Crippen LogP contribution < -0.4 is 14.8 Å². The molecule has 11 heteroatoms. The van der Waals surface area contributed by atoms with Gasteiger partial charge in [-0.15, -0.1) is 0 Å². The molecule has 5 heterocycles. The number of carbonyl (C=O) groups is 2. The summed E-state index contributed by atoms with van der Waals surface area (Å²) in [7, 11) is 3.45. The molecule has 55 heavy (non-hydrogen) atoms. The van der Waals surface area contributed by atoms with Crippen LogP contribution in [0.1, 0.15) is 60.5 Å². The molecule has 2 amide bonds. The maximum Gasteiger partial charge on any atom is 0.220 e. The Morgan fingerprint density at radius 1 is 0.782 bits per heavy atom. The summed E-state index contributed by atoms with van der Waals surface area (Å²) < 4.78 is 12.0. The third-order valence-electron chi connectivity index (χ3n) is 13.4. The van der Waals surface area contributed by atoms with Crippen LogP contribution in [-0.2, 0) is 22.4 Å². The maximum absolute atomic E-state index is 11.9. The van der Waals surface area contributed by atoms with Gasteiger partial charge in [-0.3, -0.25) is 19.4 Å². The Labute approximate surface area is 331 Å². The number of fused-ring (bicyclic) bond motifs is 2. The number of hydrogen-bond acceptors (Lipinski definition) is 7. The number of aryl methyl sites for hydroxylation is 2. The van der Waals surface area contributed by atoms with Gasteiger partial charge >= 0.3 is 0 Å². The van der Waals surface area contributed by atoms with E-state index in [0.29, 0.717) is 28.4 Å². The summed E-state index contributed by atoms with van der Waals surface area (Å²) in [6, 6.07) is 19.3. The molecular weight excluding hydrogens is 733 g/mol. The van der Waals surface area contributed by atoms with Crippen molar-refractivity contribution in [2.75, 3.05) is 60.0 Å². The summed E-state index contributed by atoms with van der Waals surface area (Å²) in [5.74, 6) is 1.87. The van der Waals surface area contributed by atoms with Gasteiger partial charge in [0.05, 0.1) is 30.0 Å². The molecular formula is C44H45Cl2N5O4. The van der Waals surface area contributed by atoms with Crippen molar-refractivity contribution in [1.82, 2.24) is 25.0 Å². The molecule has 4 saturated heterocycles. The molecule has 4 fully saturated rings. The number of amides is 2. The Kier molecular flexibility index (Phi) is 8.31. The highest BCUT2D eigenvalue weighted by atomic mass is 35.5. The van der Waals surface area contributed by atoms with E-state index < -0.39 is 0 Å². The van der Waals surface area contributed by atoms with Crippen LogP contribution in [0, 0.1) is 10.8 Å². The summed E-state index contributed by atoms with van der Waals surface area (Å²) in [6.45, 7) is 8.05. The number of ether oxygens (including phenoxy) is 2. The van der Waals surface area contributed by atoms with E-state index in [-0.39, 0.29) is 28.7 Å². The van der Waals surface area contributed by atoms with Crippen molar-refractivity contribution in [3.05, 3.63) is 86.9 Å². The quantitative estimate of drug-likeness (QED) is 0.210. The molecule has 1 aromatic heterocycles. The minimum Gasteiger partial charge on any atom is -0.496 e. The first kappa shape index (κ1) is 35.3. The number of halogens is 2. The predicted octanol–water partition coefficient (Wildman–Crippen LogP) is 7.37. The minimum absolute atomic E-state index is 0.0678. The summed E-state index contributed by atoms with van der Waals surface area (Å²) in [6.07, 6.45) is 4.58.